The predicted molar refractivity (Wildman–Crippen MR) is 93.6 cm³/mol. The Kier molecular flexibility index (Phi) is 10.2. The summed E-state index contributed by atoms with van der Waals surface area (Å²) in [5.74, 6) is 0.479. The molecule has 25 heavy (non-hydrogen) atoms. The molecule has 0 bridgehead atoms. The molecule has 8 heteroatoms. The molecule has 0 fully saturated rings. The van der Waals surface area contributed by atoms with Crippen LogP contribution in [0.15, 0.2) is 24.3 Å². The lowest BCUT2D eigenvalue weighted by Crippen LogP contribution is -2.27. The van der Waals surface area contributed by atoms with Crippen LogP contribution in [0.5, 0.6) is 11.5 Å². The highest BCUT2D eigenvalue weighted by Gasteiger charge is 2.12. The molecular formula is C17H27NO6P-. The van der Waals surface area contributed by atoms with E-state index in [9.17, 15) is 14.3 Å². The molecule has 1 aromatic carbocycles. The number of rotatable bonds is 13. The first kappa shape index (κ1) is 21.5. The van der Waals surface area contributed by atoms with Crippen LogP contribution in [0.1, 0.15) is 45.4 Å². The maximum Gasteiger partial charge on any atom is 0.319 e. The van der Waals surface area contributed by atoms with Gasteiger partial charge >= 0.3 is 7.82 Å². The third-order valence-corrected chi connectivity index (χ3v) is 4.37. The summed E-state index contributed by atoms with van der Waals surface area (Å²) in [7, 11) is -3.02. The molecule has 0 aliphatic rings. The van der Waals surface area contributed by atoms with Gasteiger partial charge in [0.25, 0.3) is 0 Å². The first-order valence-corrected chi connectivity index (χ1v) is 9.99. The fraction of sp³-hybridized carbons (Fsp3) is 0.588. The van der Waals surface area contributed by atoms with Gasteiger partial charge in [-0.05, 0) is 18.6 Å². The van der Waals surface area contributed by atoms with E-state index in [0.29, 0.717) is 12.2 Å². The number of methoxy groups -OCH3 is 1. The molecule has 1 unspecified atom stereocenters. The van der Waals surface area contributed by atoms with Gasteiger partial charge in [-0.15, -0.1) is 0 Å². The second-order valence-corrected chi connectivity index (χ2v) is 6.90. The number of hydrogen-bond acceptors (Lipinski definition) is 6. The number of carbonyl (C=O) groups excluding carboxylic acids is 1. The van der Waals surface area contributed by atoms with Crippen molar-refractivity contribution in [3.63, 3.8) is 0 Å². The van der Waals surface area contributed by atoms with Gasteiger partial charge in [0.1, 0.15) is 11.5 Å². The lowest BCUT2D eigenvalue weighted by molar-refractivity contribution is -0.216. The topological polar surface area (TPSA) is 96.9 Å². The number of amides is 1. The minimum atomic E-state index is -4.50. The Morgan fingerprint density at radius 3 is 2.64 bits per heavy atom. The van der Waals surface area contributed by atoms with Crippen molar-refractivity contribution in [1.82, 2.24) is 5.32 Å². The SMILES string of the molecule is CCCCCCCC(=O)NCCOP(=O)([O-])Oc1cccc(OC)c1. The summed E-state index contributed by atoms with van der Waals surface area (Å²) in [6.45, 7) is 2.08. The second-order valence-electron chi connectivity index (χ2n) is 5.56. The van der Waals surface area contributed by atoms with Crippen molar-refractivity contribution in [2.24, 2.45) is 0 Å². The van der Waals surface area contributed by atoms with Crippen LogP contribution >= 0.6 is 7.82 Å². The first-order chi connectivity index (χ1) is 12.0. The van der Waals surface area contributed by atoms with E-state index < -0.39 is 7.82 Å². The van der Waals surface area contributed by atoms with E-state index in [2.05, 4.69) is 12.2 Å². The van der Waals surface area contributed by atoms with Gasteiger partial charge in [0.2, 0.25) is 5.91 Å². The zero-order chi connectivity index (χ0) is 18.5. The summed E-state index contributed by atoms with van der Waals surface area (Å²) in [5.41, 5.74) is 0. The first-order valence-electron chi connectivity index (χ1n) is 8.53. The van der Waals surface area contributed by atoms with Crippen molar-refractivity contribution in [2.45, 2.75) is 45.4 Å². The fourth-order valence-electron chi connectivity index (χ4n) is 2.14. The molecule has 0 heterocycles. The Morgan fingerprint density at radius 1 is 1.20 bits per heavy atom. The van der Waals surface area contributed by atoms with E-state index in [0.717, 1.165) is 25.7 Å². The second kappa shape index (κ2) is 11.9. The summed E-state index contributed by atoms with van der Waals surface area (Å²) < 4.78 is 26.3. The van der Waals surface area contributed by atoms with Crippen LogP contribution in [0, 0.1) is 0 Å². The molecule has 1 aromatic rings. The zero-order valence-corrected chi connectivity index (χ0v) is 15.8. The van der Waals surface area contributed by atoms with Crippen LogP contribution in [-0.2, 0) is 13.9 Å². The standard InChI is InChI=1S/C17H28NO6P/c1-3-4-5-6-7-11-17(19)18-12-13-23-25(20,21)24-16-10-8-9-15(14-16)22-2/h8-10,14H,3-7,11-13H2,1-2H3,(H,18,19)(H,20,21)/p-1. The number of phosphoric acid groups is 1. The average Bonchev–Trinajstić information content (AvgIpc) is 2.58. The molecular weight excluding hydrogens is 345 g/mol. The minimum absolute atomic E-state index is 0.102. The molecule has 1 rings (SSSR count). The van der Waals surface area contributed by atoms with E-state index in [1.54, 1.807) is 12.1 Å². The van der Waals surface area contributed by atoms with E-state index in [1.165, 1.54) is 25.7 Å². The fourth-order valence-corrected chi connectivity index (χ4v) is 2.88. The van der Waals surface area contributed by atoms with Crippen LogP contribution in [0.4, 0.5) is 0 Å². The Bertz CT molecular complexity index is 566. The largest absolute Gasteiger partial charge is 0.746 e. The summed E-state index contributed by atoms with van der Waals surface area (Å²) in [6, 6.07) is 6.20. The molecule has 0 radical (unpaired) electrons. The Balaban J connectivity index is 2.21. The number of benzene rings is 1. The molecule has 7 nitrogen and oxygen atoms in total. The molecule has 142 valence electrons. The molecule has 1 amide bonds. The lowest BCUT2D eigenvalue weighted by Gasteiger charge is -2.23. The monoisotopic (exact) mass is 372 g/mol. The van der Waals surface area contributed by atoms with E-state index >= 15 is 0 Å². The Hall–Kier alpha value is -1.56. The number of hydrogen-bond donors (Lipinski definition) is 1. The molecule has 1 N–H and O–H groups in total. The van der Waals surface area contributed by atoms with Gasteiger partial charge in [-0.3, -0.25) is 9.36 Å². The highest BCUT2D eigenvalue weighted by molar-refractivity contribution is 7.46. The molecule has 0 saturated heterocycles. The van der Waals surface area contributed by atoms with Crippen LogP contribution in [0.2, 0.25) is 0 Å². The van der Waals surface area contributed by atoms with Crippen molar-refractivity contribution in [3.8, 4) is 11.5 Å². The number of ether oxygens (including phenoxy) is 1. The van der Waals surface area contributed by atoms with Crippen molar-refractivity contribution < 1.29 is 28.0 Å². The van der Waals surface area contributed by atoms with E-state index in [-0.39, 0.29) is 24.8 Å². The lowest BCUT2D eigenvalue weighted by atomic mass is 10.1. The molecule has 0 aromatic heterocycles. The third kappa shape index (κ3) is 10.1. The maximum absolute atomic E-state index is 11.7. The van der Waals surface area contributed by atoms with Crippen molar-refractivity contribution >= 4 is 13.7 Å². The van der Waals surface area contributed by atoms with Gasteiger partial charge in [0.05, 0.1) is 13.7 Å². The van der Waals surface area contributed by atoms with Crippen LogP contribution in [-0.4, -0.2) is 26.2 Å². The van der Waals surface area contributed by atoms with Crippen LogP contribution < -0.4 is 19.5 Å². The van der Waals surface area contributed by atoms with Gasteiger partial charge in [0, 0.05) is 19.0 Å². The number of phosphoric ester groups is 1. The smallest absolute Gasteiger partial charge is 0.319 e. The molecule has 0 spiro atoms. The highest BCUT2D eigenvalue weighted by Crippen LogP contribution is 2.39. The third-order valence-electron chi connectivity index (χ3n) is 3.44. The molecule has 1 atom stereocenters. The van der Waals surface area contributed by atoms with Crippen molar-refractivity contribution in [2.75, 3.05) is 20.3 Å². The Morgan fingerprint density at radius 2 is 1.92 bits per heavy atom. The maximum atomic E-state index is 11.7. The van der Waals surface area contributed by atoms with E-state index in [1.807, 2.05) is 0 Å². The van der Waals surface area contributed by atoms with Crippen LogP contribution in [0.3, 0.4) is 0 Å². The van der Waals surface area contributed by atoms with Gasteiger partial charge in [-0.2, -0.15) is 0 Å². The number of carbonyl (C=O) groups is 1. The van der Waals surface area contributed by atoms with Crippen LogP contribution in [0.25, 0.3) is 0 Å². The molecule has 0 aliphatic heterocycles. The molecule has 0 aliphatic carbocycles. The summed E-state index contributed by atoms with van der Waals surface area (Å²) in [6.07, 6.45) is 5.79. The van der Waals surface area contributed by atoms with Gasteiger partial charge in [-0.25, -0.2) is 0 Å². The average molecular weight is 372 g/mol. The van der Waals surface area contributed by atoms with E-state index in [4.69, 9.17) is 13.8 Å². The predicted octanol–water partition coefficient (Wildman–Crippen LogP) is 3.04. The summed E-state index contributed by atoms with van der Waals surface area (Å²) in [4.78, 5) is 23.3. The quantitative estimate of drug-likeness (QED) is 0.422. The number of nitrogens with one attached hydrogen (secondary N) is 1. The normalized spacial score (nSPS) is 13.1. The Labute approximate surface area is 149 Å². The summed E-state index contributed by atoms with van der Waals surface area (Å²) >= 11 is 0. The summed E-state index contributed by atoms with van der Waals surface area (Å²) in [5, 5.41) is 2.63. The van der Waals surface area contributed by atoms with Crippen molar-refractivity contribution in [1.29, 1.82) is 0 Å². The van der Waals surface area contributed by atoms with Gasteiger partial charge in [0.15, 0.2) is 0 Å². The van der Waals surface area contributed by atoms with Gasteiger partial charge < -0.3 is 24.0 Å². The number of unbranched alkanes of at least 4 members (excludes halogenated alkanes) is 4. The minimum Gasteiger partial charge on any atom is -0.746 e. The zero-order valence-electron chi connectivity index (χ0n) is 14.9. The highest BCUT2D eigenvalue weighted by atomic mass is 31.2. The van der Waals surface area contributed by atoms with Gasteiger partial charge in [-0.1, -0.05) is 38.7 Å². The molecule has 0 saturated carbocycles. The van der Waals surface area contributed by atoms with Crippen molar-refractivity contribution in [3.05, 3.63) is 24.3 Å².